The fourth-order valence-electron chi connectivity index (χ4n) is 2.66. The van der Waals surface area contributed by atoms with E-state index >= 15 is 0 Å². The summed E-state index contributed by atoms with van der Waals surface area (Å²) in [5, 5.41) is 0.433. The Bertz CT molecular complexity index is 608. The van der Waals surface area contributed by atoms with Gasteiger partial charge >= 0.3 is 0 Å². The summed E-state index contributed by atoms with van der Waals surface area (Å²) in [6, 6.07) is 5.11. The molecule has 0 atom stereocenters. The van der Waals surface area contributed by atoms with Crippen molar-refractivity contribution in [3.8, 4) is 5.75 Å². The second-order valence-corrected chi connectivity index (χ2v) is 6.99. The standard InChI is InChI=1S/C18H25ClN2O3/c1-12(2)17(22)20-7-9-21(10-8-20)18(23)14-5-6-16(15(19)11-14)24-13(3)4/h5-6,11-13H,7-10H2,1-4H3. The van der Waals surface area contributed by atoms with Crippen molar-refractivity contribution in [1.82, 2.24) is 9.80 Å². The zero-order valence-electron chi connectivity index (χ0n) is 14.7. The number of rotatable bonds is 4. The molecular weight excluding hydrogens is 328 g/mol. The summed E-state index contributed by atoms with van der Waals surface area (Å²) in [5.41, 5.74) is 0.541. The van der Waals surface area contributed by atoms with Crippen molar-refractivity contribution >= 4 is 23.4 Å². The Balaban J connectivity index is 2.00. The van der Waals surface area contributed by atoms with Gasteiger partial charge in [0.25, 0.3) is 5.91 Å². The summed E-state index contributed by atoms with van der Waals surface area (Å²) in [4.78, 5) is 28.2. The normalized spacial score (nSPS) is 15.1. The summed E-state index contributed by atoms with van der Waals surface area (Å²) in [6.07, 6.45) is 0.0237. The molecule has 1 saturated heterocycles. The van der Waals surface area contributed by atoms with E-state index in [-0.39, 0.29) is 23.8 Å². The van der Waals surface area contributed by atoms with Crippen LogP contribution in [-0.4, -0.2) is 53.9 Å². The Morgan fingerprint density at radius 3 is 2.12 bits per heavy atom. The third-order valence-corrected chi connectivity index (χ3v) is 4.21. The summed E-state index contributed by atoms with van der Waals surface area (Å²) in [6.45, 7) is 9.86. The summed E-state index contributed by atoms with van der Waals surface area (Å²) in [5.74, 6) is 0.639. The lowest BCUT2D eigenvalue weighted by Crippen LogP contribution is -2.51. The molecule has 1 aromatic rings. The van der Waals surface area contributed by atoms with Crippen molar-refractivity contribution in [2.24, 2.45) is 5.92 Å². The third-order valence-electron chi connectivity index (χ3n) is 3.91. The molecule has 1 fully saturated rings. The van der Waals surface area contributed by atoms with Crippen LogP contribution in [0.15, 0.2) is 18.2 Å². The van der Waals surface area contributed by atoms with Crippen LogP contribution in [0.25, 0.3) is 0 Å². The predicted octanol–water partition coefficient (Wildman–Crippen LogP) is 3.07. The molecular formula is C18H25ClN2O3. The fourth-order valence-corrected chi connectivity index (χ4v) is 2.89. The zero-order valence-corrected chi connectivity index (χ0v) is 15.5. The number of amides is 2. The van der Waals surface area contributed by atoms with Gasteiger partial charge in [-0.15, -0.1) is 0 Å². The van der Waals surface area contributed by atoms with Gasteiger partial charge in [0.2, 0.25) is 5.91 Å². The highest BCUT2D eigenvalue weighted by Gasteiger charge is 2.26. The van der Waals surface area contributed by atoms with E-state index in [2.05, 4.69) is 0 Å². The van der Waals surface area contributed by atoms with Crippen molar-refractivity contribution in [2.75, 3.05) is 26.2 Å². The lowest BCUT2D eigenvalue weighted by Gasteiger charge is -2.35. The number of hydrogen-bond acceptors (Lipinski definition) is 3. The number of ether oxygens (including phenoxy) is 1. The van der Waals surface area contributed by atoms with Gasteiger partial charge in [0, 0.05) is 37.7 Å². The number of piperazine rings is 1. The van der Waals surface area contributed by atoms with Gasteiger partial charge in [-0.3, -0.25) is 9.59 Å². The average molecular weight is 353 g/mol. The van der Waals surface area contributed by atoms with Gasteiger partial charge in [0.05, 0.1) is 11.1 Å². The molecule has 0 radical (unpaired) electrons. The van der Waals surface area contributed by atoms with Crippen LogP contribution < -0.4 is 4.74 Å². The molecule has 0 N–H and O–H groups in total. The second kappa shape index (κ2) is 7.88. The summed E-state index contributed by atoms with van der Waals surface area (Å²) < 4.78 is 5.59. The van der Waals surface area contributed by atoms with Crippen molar-refractivity contribution in [3.05, 3.63) is 28.8 Å². The molecule has 0 saturated carbocycles. The van der Waals surface area contributed by atoms with Crippen LogP contribution in [0, 0.1) is 5.92 Å². The van der Waals surface area contributed by atoms with Crippen molar-refractivity contribution in [2.45, 2.75) is 33.8 Å². The van der Waals surface area contributed by atoms with Crippen LogP contribution in [0.4, 0.5) is 0 Å². The van der Waals surface area contributed by atoms with Gasteiger partial charge in [-0.05, 0) is 32.0 Å². The van der Waals surface area contributed by atoms with Crippen LogP contribution >= 0.6 is 11.6 Å². The van der Waals surface area contributed by atoms with Gasteiger partial charge in [-0.25, -0.2) is 0 Å². The molecule has 0 spiro atoms. The molecule has 1 aromatic carbocycles. The molecule has 24 heavy (non-hydrogen) atoms. The minimum atomic E-state index is -0.0651. The number of carbonyl (C=O) groups is 2. The number of halogens is 1. The number of nitrogens with zero attached hydrogens (tertiary/aromatic N) is 2. The zero-order chi connectivity index (χ0) is 17.9. The predicted molar refractivity (Wildman–Crippen MR) is 94.5 cm³/mol. The van der Waals surface area contributed by atoms with E-state index in [1.165, 1.54) is 0 Å². The monoisotopic (exact) mass is 352 g/mol. The number of carbonyl (C=O) groups excluding carboxylic acids is 2. The summed E-state index contributed by atoms with van der Waals surface area (Å²) in [7, 11) is 0. The molecule has 132 valence electrons. The van der Waals surface area contributed by atoms with Crippen molar-refractivity contribution in [3.63, 3.8) is 0 Å². The maximum Gasteiger partial charge on any atom is 0.254 e. The molecule has 0 aromatic heterocycles. The van der Waals surface area contributed by atoms with Crippen LogP contribution in [-0.2, 0) is 4.79 Å². The SMILES string of the molecule is CC(C)Oc1ccc(C(=O)N2CCN(C(=O)C(C)C)CC2)cc1Cl. The fraction of sp³-hybridized carbons (Fsp3) is 0.556. The van der Waals surface area contributed by atoms with E-state index in [4.69, 9.17) is 16.3 Å². The average Bonchev–Trinajstić information content (AvgIpc) is 2.55. The quantitative estimate of drug-likeness (QED) is 0.836. The largest absolute Gasteiger partial charge is 0.489 e. The minimum absolute atomic E-state index is 0.0143. The van der Waals surface area contributed by atoms with E-state index in [0.717, 1.165) is 0 Å². The smallest absolute Gasteiger partial charge is 0.254 e. The maximum absolute atomic E-state index is 12.6. The first-order valence-electron chi connectivity index (χ1n) is 8.34. The van der Waals surface area contributed by atoms with Crippen molar-refractivity contribution < 1.29 is 14.3 Å². The molecule has 1 aliphatic rings. The lowest BCUT2D eigenvalue weighted by atomic mass is 10.1. The molecule has 0 bridgehead atoms. The molecule has 0 aliphatic carbocycles. The highest BCUT2D eigenvalue weighted by atomic mass is 35.5. The Morgan fingerprint density at radius 1 is 1.04 bits per heavy atom. The van der Waals surface area contributed by atoms with Gasteiger partial charge in [-0.1, -0.05) is 25.4 Å². The lowest BCUT2D eigenvalue weighted by molar-refractivity contribution is -0.135. The van der Waals surface area contributed by atoms with Gasteiger partial charge in [0.15, 0.2) is 0 Å². The second-order valence-electron chi connectivity index (χ2n) is 6.58. The Kier molecular flexibility index (Phi) is 6.10. The number of benzene rings is 1. The first kappa shape index (κ1) is 18.6. The highest BCUT2D eigenvalue weighted by Crippen LogP contribution is 2.27. The van der Waals surface area contributed by atoms with E-state index < -0.39 is 0 Å². The molecule has 1 heterocycles. The third kappa shape index (κ3) is 4.41. The number of hydrogen-bond donors (Lipinski definition) is 0. The molecule has 2 rings (SSSR count). The van der Waals surface area contributed by atoms with Gasteiger partial charge < -0.3 is 14.5 Å². The topological polar surface area (TPSA) is 49.9 Å². The first-order valence-corrected chi connectivity index (χ1v) is 8.71. The molecule has 5 nitrogen and oxygen atoms in total. The van der Waals surface area contributed by atoms with E-state index in [1.54, 1.807) is 23.1 Å². The Hall–Kier alpha value is -1.75. The van der Waals surface area contributed by atoms with Crippen LogP contribution in [0.2, 0.25) is 5.02 Å². The molecule has 1 aliphatic heterocycles. The minimum Gasteiger partial charge on any atom is -0.489 e. The van der Waals surface area contributed by atoms with E-state index in [0.29, 0.717) is 42.5 Å². The van der Waals surface area contributed by atoms with Gasteiger partial charge in [0.1, 0.15) is 5.75 Å². The van der Waals surface area contributed by atoms with Crippen LogP contribution in [0.3, 0.4) is 0 Å². The van der Waals surface area contributed by atoms with E-state index in [1.807, 2.05) is 32.6 Å². The molecule has 6 heteroatoms. The Labute approximate surface area is 148 Å². The first-order chi connectivity index (χ1) is 11.3. The van der Waals surface area contributed by atoms with Crippen molar-refractivity contribution in [1.29, 1.82) is 0 Å². The van der Waals surface area contributed by atoms with E-state index in [9.17, 15) is 9.59 Å². The Morgan fingerprint density at radius 2 is 1.62 bits per heavy atom. The van der Waals surface area contributed by atoms with Crippen LogP contribution in [0.1, 0.15) is 38.1 Å². The summed E-state index contributed by atoms with van der Waals surface area (Å²) >= 11 is 6.21. The van der Waals surface area contributed by atoms with Crippen LogP contribution in [0.5, 0.6) is 5.75 Å². The molecule has 2 amide bonds. The highest BCUT2D eigenvalue weighted by molar-refractivity contribution is 6.32. The molecule has 0 unspecified atom stereocenters. The van der Waals surface area contributed by atoms with Gasteiger partial charge in [-0.2, -0.15) is 0 Å². The maximum atomic E-state index is 12.6.